The molecule has 2 aromatic rings. The summed E-state index contributed by atoms with van der Waals surface area (Å²) in [6.45, 7) is 0.572. The van der Waals surface area contributed by atoms with Crippen LogP contribution in [0, 0.1) is 0 Å². The molecule has 0 saturated heterocycles. The van der Waals surface area contributed by atoms with Gasteiger partial charge in [0, 0.05) is 20.6 Å². The number of nitrogens with one attached hydrogen (secondary N) is 1. The van der Waals surface area contributed by atoms with Gasteiger partial charge in [-0.2, -0.15) is 0 Å². The molecule has 1 unspecified atom stereocenters. The molecule has 0 aliphatic heterocycles. The zero-order chi connectivity index (χ0) is 13.7. The smallest absolute Gasteiger partial charge is 0.0586 e. The van der Waals surface area contributed by atoms with Gasteiger partial charge in [0.25, 0.3) is 0 Å². The lowest BCUT2D eigenvalue weighted by atomic mass is 10.0. The van der Waals surface area contributed by atoms with Gasteiger partial charge in [0.05, 0.1) is 6.04 Å². The fourth-order valence-corrected chi connectivity index (χ4v) is 2.11. The van der Waals surface area contributed by atoms with Crippen molar-refractivity contribution in [2.24, 2.45) is 5.73 Å². The lowest BCUT2D eigenvalue weighted by molar-refractivity contribution is 0.245. The number of hydrazine groups is 1. The van der Waals surface area contributed by atoms with Crippen molar-refractivity contribution in [3.8, 4) is 11.1 Å². The maximum absolute atomic E-state index is 5.81. The number of nitrogens with zero attached hydrogens (tertiary/aromatic N) is 1. The third-order valence-corrected chi connectivity index (χ3v) is 3.07. The molecule has 19 heavy (non-hydrogen) atoms. The lowest BCUT2D eigenvalue weighted by Gasteiger charge is -2.22. The van der Waals surface area contributed by atoms with Crippen molar-refractivity contribution in [1.29, 1.82) is 0 Å². The molecule has 0 bridgehead atoms. The molecule has 0 heterocycles. The first-order valence-corrected chi connectivity index (χ1v) is 6.49. The van der Waals surface area contributed by atoms with Crippen molar-refractivity contribution in [1.82, 2.24) is 10.4 Å². The number of rotatable bonds is 5. The van der Waals surface area contributed by atoms with Crippen molar-refractivity contribution < 1.29 is 0 Å². The minimum atomic E-state index is 0.153. The molecule has 100 valence electrons. The van der Waals surface area contributed by atoms with Crippen LogP contribution in [0.25, 0.3) is 11.1 Å². The maximum atomic E-state index is 5.81. The fraction of sp³-hybridized carbons (Fsp3) is 0.250. The van der Waals surface area contributed by atoms with Gasteiger partial charge < -0.3 is 5.73 Å². The highest BCUT2D eigenvalue weighted by Gasteiger charge is 2.09. The molecule has 0 aliphatic rings. The van der Waals surface area contributed by atoms with Gasteiger partial charge in [-0.15, -0.1) is 0 Å². The molecule has 0 aromatic heterocycles. The van der Waals surface area contributed by atoms with E-state index >= 15 is 0 Å². The Balaban J connectivity index is 2.18. The van der Waals surface area contributed by atoms with Crippen LogP contribution in [0.1, 0.15) is 11.6 Å². The predicted molar refractivity (Wildman–Crippen MR) is 80.5 cm³/mol. The Hall–Kier alpha value is -1.68. The molecule has 0 saturated carbocycles. The van der Waals surface area contributed by atoms with E-state index in [2.05, 4.69) is 54.0 Å². The van der Waals surface area contributed by atoms with E-state index in [-0.39, 0.29) is 6.04 Å². The van der Waals surface area contributed by atoms with E-state index < -0.39 is 0 Å². The van der Waals surface area contributed by atoms with Crippen molar-refractivity contribution in [2.75, 3.05) is 20.6 Å². The van der Waals surface area contributed by atoms with E-state index in [0.717, 1.165) is 0 Å². The standard InChI is InChI=1S/C16H21N3/c1-19(2)18-16(12-17)15-10-8-14(9-11-15)13-6-4-3-5-7-13/h3-11,16,18H,12,17H2,1-2H3. The predicted octanol–water partition coefficient (Wildman–Crippen LogP) is 2.42. The van der Waals surface area contributed by atoms with Crippen LogP contribution in [0.5, 0.6) is 0 Å². The summed E-state index contributed by atoms with van der Waals surface area (Å²) in [6.07, 6.45) is 0. The third-order valence-electron chi connectivity index (χ3n) is 3.07. The van der Waals surface area contributed by atoms with Gasteiger partial charge in [0.1, 0.15) is 0 Å². The van der Waals surface area contributed by atoms with Crippen LogP contribution in [0.4, 0.5) is 0 Å². The molecule has 3 N–H and O–H groups in total. The van der Waals surface area contributed by atoms with E-state index in [1.165, 1.54) is 16.7 Å². The summed E-state index contributed by atoms with van der Waals surface area (Å²) >= 11 is 0. The first kappa shape index (κ1) is 13.7. The molecular formula is C16H21N3. The number of hydrogen-bond donors (Lipinski definition) is 2. The Morgan fingerprint density at radius 2 is 1.53 bits per heavy atom. The second kappa shape index (κ2) is 6.48. The fourth-order valence-electron chi connectivity index (χ4n) is 2.11. The van der Waals surface area contributed by atoms with Crippen LogP contribution >= 0.6 is 0 Å². The van der Waals surface area contributed by atoms with E-state index in [0.29, 0.717) is 6.54 Å². The minimum Gasteiger partial charge on any atom is -0.329 e. The average molecular weight is 255 g/mol. The molecule has 1 atom stereocenters. The minimum absolute atomic E-state index is 0.153. The molecule has 0 radical (unpaired) electrons. The summed E-state index contributed by atoms with van der Waals surface area (Å²) < 4.78 is 0. The molecule has 2 aromatic carbocycles. The van der Waals surface area contributed by atoms with Gasteiger partial charge in [0.2, 0.25) is 0 Å². The molecule has 3 heteroatoms. The largest absolute Gasteiger partial charge is 0.329 e. The van der Waals surface area contributed by atoms with Gasteiger partial charge in [-0.1, -0.05) is 54.6 Å². The van der Waals surface area contributed by atoms with E-state index in [1.807, 2.05) is 25.2 Å². The highest BCUT2D eigenvalue weighted by molar-refractivity contribution is 5.63. The molecule has 0 amide bonds. The second-order valence-corrected chi connectivity index (χ2v) is 4.80. The summed E-state index contributed by atoms with van der Waals surface area (Å²) in [5, 5.41) is 1.93. The van der Waals surface area contributed by atoms with Crippen LogP contribution in [0.2, 0.25) is 0 Å². The van der Waals surface area contributed by atoms with Crippen molar-refractivity contribution >= 4 is 0 Å². The normalized spacial score (nSPS) is 12.6. The summed E-state index contributed by atoms with van der Waals surface area (Å²) in [7, 11) is 3.95. The zero-order valence-corrected chi connectivity index (χ0v) is 11.5. The highest BCUT2D eigenvalue weighted by atomic mass is 15.5. The molecule has 0 aliphatic carbocycles. The highest BCUT2D eigenvalue weighted by Crippen LogP contribution is 2.21. The maximum Gasteiger partial charge on any atom is 0.0586 e. The SMILES string of the molecule is CN(C)NC(CN)c1ccc(-c2ccccc2)cc1. The van der Waals surface area contributed by atoms with Gasteiger partial charge in [-0.05, 0) is 16.7 Å². The Bertz CT molecular complexity index is 491. The molecule has 0 fully saturated rings. The average Bonchev–Trinajstić information content (AvgIpc) is 2.46. The van der Waals surface area contributed by atoms with Gasteiger partial charge in [0.15, 0.2) is 0 Å². The Kier molecular flexibility index (Phi) is 4.68. The molecule has 3 nitrogen and oxygen atoms in total. The first-order valence-electron chi connectivity index (χ1n) is 6.49. The van der Waals surface area contributed by atoms with Gasteiger partial charge in [-0.25, -0.2) is 10.4 Å². The van der Waals surface area contributed by atoms with Crippen LogP contribution in [-0.4, -0.2) is 25.6 Å². The Morgan fingerprint density at radius 3 is 2.05 bits per heavy atom. The van der Waals surface area contributed by atoms with Crippen molar-refractivity contribution in [3.63, 3.8) is 0 Å². The topological polar surface area (TPSA) is 41.3 Å². The van der Waals surface area contributed by atoms with Crippen LogP contribution < -0.4 is 11.2 Å². The third kappa shape index (κ3) is 3.64. The molecule has 0 spiro atoms. The summed E-state index contributed by atoms with van der Waals surface area (Å²) in [4.78, 5) is 0. The van der Waals surface area contributed by atoms with Crippen molar-refractivity contribution in [3.05, 3.63) is 60.2 Å². The van der Waals surface area contributed by atoms with Crippen LogP contribution in [-0.2, 0) is 0 Å². The summed E-state index contributed by atoms with van der Waals surface area (Å²) in [6, 6.07) is 19.1. The lowest BCUT2D eigenvalue weighted by Crippen LogP contribution is -2.37. The van der Waals surface area contributed by atoms with Gasteiger partial charge in [-0.3, -0.25) is 0 Å². The molecule has 2 rings (SSSR count). The molecular weight excluding hydrogens is 234 g/mol. The first-order chi connectivity index (χ1) is 9.20. The summed E-state index contributed by atoms with van der Waals surface area (Å²) in [5.41, 5.74) is 12.8. The van der Waals surface area contributed by atoms with Crippen LogP contribution in [0.15, 0.2) is 54.6 Å². The Labute approximate surface area is 115 Å². The Morgan fingerprint density at radius 1 is 0.947 bits per heavy atom. The summed E-state index contributed by atoms with van der Waals surface area (Å²) in [5.74, 6) is 0. The zero-order valence-electron chi connectivity index (χ0n) is 11.5. The van der Waals surface area contributed by atoms with Crippen LogP contribution in [0.3, 0.4) is 0 Å². The van der Waals surface area contributed by atoms with Gasteiger partial charge >= 0.3 is 0 Å². The number of hydrogen-bond acceptors (Lipinski definition) is 3. The van der Waals surface area contributed by atoms with E-state index in [9.17, 15) is 0 Å². The van der Waals surface area contributed by atoms with Crippen molar-refractivity contribution in [2.45, 2.75) is 6.04 Å². The number of benzene rings is 2. The number of nitrogens with two attached hydrogens (primary N) is 1. The van der Waals surface area contributed by atoms with E-state index in [4.69, 9.17) is 5.73 Å². The van der Waals surface area contributed by atoms with E-state index in [1.54, 1.807) is 0 Å². The quantitative estimate of drug-likeness (QED) is 0.806. The monoisotopic (exact) mass is 255 g/mol. The second-order valence-electron chi connectivity index (χ2n) is 4.80.